The van der Waals surface area contributed by atoms with E-state index in [-0.39, 0.29) is 11.4 Å². The van der Waals surface area contributed by atoms with Gasteiger partial charge in [-0.1, -0.05) is 0 Å². The molecule has 0 radical (unpaired) electrons. The minimum atomic E-state index is -1.32. The van der Waals surface area contributed by atoms with E-state index in [9.17, 15) is 19.7 Å². The number of aliphatic carboxylic acids is 2. The van der Waals surface area contributed by atoms with Crippen molar-refractivity contribution in [3.8, 4) is 6.07 Å². The Morgan fingerprint density at radius 3 is 2.35 bits per heavy atom. The summed E-state index contributed by atoms with van der Waals surface area (Å²) in [7, 11) is 0. The summed E-state index contributed by atoms with van der Waals surface area (Å²) in [6.45, 7) is -1.41. The van der Waals surface area contributed by atoms with E-state index in [1.54, 1.807) is 6.07 Å². The quantitative estimate of drug-likeness (QED) is 0.533. The fraction of sp³-hybridized carbons (Fsp3) is 0.200. The van der Waals surface area contributed by atoms with Crippen molar-refractivity contribution in [2.75, 3.05) is 18.0 Å². The molecular formula is C10H8N4O6. The highest BCUT2D eigenvalue weighted by atomic mass is 16.6. The van der Waals surface area contributed by atoms with Gasteiger partial charge in [0.05, 0.1) is 4.92 Å². The second-order valence-corrected chi connectivity index (χ2v) is 3.58. The van der Waals surface area contributed by atoms with Crippen LogP contribution in [0.15, 0.2) is 12.3 Å². The predicted molar refractivity (Wildman–Crippen MR) is 63.1 cm³/mol. The van der Waals surface area contributed by atoms with E-state index in [1.807, 2.05) is 0 Å². The molecule has 0 aliphatic carbocycles. The maximum absolute atomic E-state index is 10.7. The summed E-state index contributed by atoms with van der Waals surface area (Å²) >= 11 is 0. The molecule has 20 heavy (non-hydrogen) atoms. The third-order valence-electron chi connectivity index (χ3n) is 2.14. The van der Waals surface area contributed by atoms with Gasteiger partial charge in [0.1, 0.15) is 36.7 Å². The summed E-state index contributed by atoms with van der Waals surface area (Å²) in [6, 6.07) is 2.53. The molecule has 2 N–H and O–H groups in total. The molecule has 0 aliphatic rings. The van der Waals surface area contributed by atoms with Gasteiger partial charge in [0.25, 0.3) is 5.69 Å². The van der Waals surface area contributed by atoms with Crippen molar-refractivity contribution in [1.82, 2.24) is 4.98 Å². The molecular weight excluding hydrogens is 272 g/mol. The first kappa shape index (κ1) is 14.8. The zero-order chi connectivity index (χ0) is 15.3. The Labute approximate surface area is 111 Å². The lowest BCUT2D eigenvalue weighted by Gasteiger charge is -2.20. The Hall–Kier alpha value is -3.22. The van der Waals surface area contributed by atoms with Crippen LogP contribution in [0.3, 0.4) is 0 Å². The number of hydrogen-bond donors (Lipinski definition) is 2. The average Bonchev–Trinajstić information content (AvgIpc) is 2.35. The molecule has 1 aromatic rings. The fourth-order valence-electron chi connectivity index (χ4n) is 1.41. The zero-order valence-corrected chi connectivity index (χ0v) is 9.89. The highest BCUT2D eigenvalue weighted by Crippen LogP contribution is 2.21. The van der Waals surface area contributed by atoms with E-state index >= 15 is 0 Å². The maximum Gasteiger partial charge on any atom is 0.323 e. The fourth-order valence-corrected chi connectivity index (χ4v) is 1.41. The molecule has 0 spiro atoms. The monoisotopic (exact) mass is 280 g/mol. The van der Waals surface area contributed by atoms with Crippen molar-refractivity contribution >= 4 is 23.4 Å². The van der Waals surface area contributed by atoms with E-state index in [0.717, 1.165) is 17.2 Å². The van der Waals surface area contributed by atoms with E-state index in [2.05, 4.69) is 4.98 Å². The first-order valence-electron chi connectivity index (χ1n) is 5.08. The maximum atomic E-state index is 10.7. The minimum absolute atomic E-state index is 0.233. The molecule has 1 rings (SSSR count). The number of carbonyl (C=O) groups is 2. The minimum Gasteiger partial charge on any atom is -0.480 e. The van der Waals surface area contributed by atoms with Gasteiger partial charge in [0.2, 0.25) is 0 Å². The lowest BCUT2D eigenvalue weighted by molar-refractivity contribution is -0.385. The van der Waals surface area contributed by atoms with E-state index in [0.29, 0.717) is 0 Å². The molecule has 0 unspecified atom stereocenters. The Balaban J connectivity index is 3.25. The summed E-state index contributed by atoms with van der Waals surface area (Å²) in [5.41, 5.74) is -0.724. The topological polar surface area (TPSA) is 158 Å². The van der Waals surface area contributed by atoms with Crippen molar-refractivity contribution in [2.24, 2.45) is 0 Å². The molecule has 0 bridgehead atoms. The van der Waals surface area contributed by atoms with Gasteiger partial charge < -0.3 is 15.1 Å². The number of anilines is 1. The van der Waals surface area contributed by atoms with Crippen LogP contribution in [0.5, 0.6) is 0 Å². The molecule has 1 heterocycles. The molecule has 1 aromatic heterocycles. The highest BCUT2D eigenvalue weighted by molar-refractivity contribution is 5.80. The average molecular weight is 280 g/mol. The molecule has 0 saturated heterocycles. The first-order valence-corrected chi connectivity index (χ1v) is 5.08. The third kappa shape index (κ3) is 3.64. The van der Waals surface area contributed by atoms with Crippen LogP contribution in [-0.2, 0) is 9.59 Å². The van der Waals surface area contributed by atoms with Gasteiger partial charge in [0.15, 0.2) is 0 Å². The van der Waals surface area contributed by atoms with Crippen LogP contribution in [0.25, 0.3) is 0 Å². The first-order chi connectivity index (χ1) is 9.35. The van der Waals surface area contributed by atoms with Crippen molar-refractivity contribution < 1.29 is 24.7 Å². The summed E-state index contributed by atoms with van der Waals surface area (Å²) in [6.07, 6.45) is 0.826. The van der Waals surface area contributed by atoms with Gasteiger partial charge in [-0.15, -0.1) is 0 Å². The number of carboxylic acid groups (broad SMARTS) is 2. The van der Waals surface area contributed by atoms with Gasteiger partial charge in [-0.25, -0.2) is 4.98 Å². The van der Waals surface area contributed by atoms with Crippen molar-refractivity contribution in [1.29, 1.82) is 5.26 Å². The van der Waals surface area contributed by atoms with Crippen LogP contribution in [0.1, 0.15) is 5.56 Å². The molecule has 0 fully saturated rings. The molecule has 104 valence electrons. The van der Waals surface area contributed by atoms with Crippen LogP contribution in [0.4, 0.5) is 11.5 Å². The molecule has 0 aromatic carbocycles. The molecule has 0 aliphatic heterocycles. The van der Waals surface area contributed by atoms with Crippen LogP contribution >= 0.6 is 0 Å². The molecule has 0 amide bonds. The van der Waals surface area contributed by atoms with E-state index in [4.69, 9.17) is 15.5 Å². The Morgan fingerprint density at radius 2 is 1.95 bits per heavy atom. The number of nitro groups is 1. The summed E-state index contributed by atoms with van der Waals surface area (Å²) in [4.78, 5) is 35.6. The Morgan fingerprint density at radius 1 is 1.40 bits per heavy atom. The van der Waals surface area contributed by atoms with E-state index < -0.39 is 35.6 Å². The summed E-state index contributed by atoms with van der Waals surface area (Å²) < 4.78 is 0. The normalized spacial score (nSPS) is 9.55. The third-order valence-corrected chi connectivity index (χ3v) is 2.14. The summed E-state index contributed by atoms with van der Waals surface area (Å²) in [5.74, 6) is -2.88. The van der Waals surface area contributed by atoms with Gasteiger partial charge in [0, 0.05) is 6.07 Å². The lowest BCUT2D eigenvalue weighted by atomic mass is 10.2. The molecule has 0 atom stereocenters. The van der Waals surface area contributed by atoms with Gasteiger partial charge >= 0.3 is 11.9 Å². The second-order valence-electron chi connectivity index (χ2n) is 3.58. The second kappa shape index (κ2) is 6.10. The molecule has 0 saturated carbocycles. The van der Waals surface area contributed by atoms with Crippen LogP contribution in [-0.4, -0.2) is 45.1 Å². The number of hydrogen-bond acceptors (Lipinski definition) is 7. The van der Waals surface area contributed by atoms with Crippen molar-refractivity contribution in [3.63, 3.8) is 0 Å². The van der Waals surface area contributed by atoms with Gasteiger partial charge in [-0.2, -0.15) is 5.26 Å². The van der Waals surface area contributed by atoms with Gasteiger partial charge in [-0.3, -0.25) is 19.7 Å². The number of aromatic nitrogens is 1. The number of carboxylic acids is 2. The standard InChI is InChI=1S/C10H8N4O6/c11-2-6-1-7(14(19)20)3-12-10(6)13(4-8(15)16)5-9(17)18/h1,3H,4-5H2,(H,15,16)(H,17,18). The zero-order valence-electron chi connectivity index (χ0n) is 9.89. The van der Waals surface area contributed by atoms with E-state index in [1.165, 1.54) is 0 Å². The summed E-state index contributed by atoms with van der Waals surface area (Å²) in [5, 5.41) is 36.9. The van der Waals surface area contributed by atoms with Crippen LogP contribution in [0.2, 0.25) is 0 Å². The van der Waals surface area contributed by atoms with Crippen molar-refractivity contribution in [3.05, 3.63) is 27.9 Å². The SMILES string of the molecule is N#Cc1cc([N+](=O)[O-])cnc1N(CC(=O)O)CC(=O)O. The van der Waals surface area contributed by atoms with Gasteiger partial charge in [-0.05, 0) is 0 Å². The number of pyridine rings is 1. The number of nitriles is 1. The van der Waals surface area contributed by atoms with Crippen molar-refractivity contribution in [2.45, 2.75) is 0 Å². The van der Waals surface area contributed by atoms with Crippen LogP contribution in [0, 0.1) is 21.4 Å². The molecule has 10 heteroatoms. The number of rotatable bonds is 6. The highest BCUT2D eigenvalue weighted by Gasteiger charge is 2.21. The van der Waals surface area contributed by atoms with Crippen LogP contribution < -0.4 is 4.90 Å². The largest absolute Gasteiger partial charge is 0.480 e. The molecule has 10 nitrogen and oxygen atoms in total. The number of nitrogens with zero attached hydrogens (tertiary/aromatic N) is 4. The lowest BCUT2D eigenvalue weighted by Crippen LogP contribution is -2.35. The smallest absolute Gasteiger partial charge is 0.323 e. The Bertz CT molecular complexity index is 592. The Kier molecular flexibility index (Phi) is 4.52. The predicted octanol–water partition coefficient (Wildman–Crippen LogP) is -0.163.